The topological polar surface area (TPSA) is 91.2 Å². The van der Waals surface area contributed by atoms with Crippen molar-refractivity contribution < 1.29 is 22.9 Å². The van der Waals surface area contributed by atoms with Crippen molar-refractivity contribution in [3.05, 3.63) is 23.8 Å². The number of amides is 2. The monoisotopic (exact) mass is 411 g/mol. The number of carbonyl (C=O) groups excluding carboxylic acids is 2. The fourth-order valence-electron chi connectivity index (χ4n) is 3.34. The highest BCUT2D eigenvalue weighted by Gasteiger charge is 2.25. The molecule has 0 spiro atoms. The Hall–Kier alpha value is -1.97. The lowest BCUT2D eigenvalue weighted by molar-refractivity contribution is -0.895. The van der Waals surface area contributed by atoms with Gasteiger partial charge in [-0.2, -0.15) is 4.31 Å². The number of nitrogens with zero attached hydrogens (tertiary/aromatic N) is 2. The van der Waals surface area contributed by atoms with Gasteiger partial charge in [0.2, 0.25) is 15.9 Å². The van der Waals surface area contributed by atoms with E-state index in [0.717, 1.165) is 23.6 Å². The smallest absolute Gasteiger partial charge is 0.279 e. The summed E-state index contributed by atoms with van der Waals surface area (Å²) in [7, 11) is -3.58. The molecule has 9 heteroatoms. The molecule has 1 saturated heterocycles. The molecule has 28 heavy (non-hydrogen) atoms. The summed E-state index contributed by atoms with van der Waals surface area (Å²) in [6, 6.07) is 4.82. The summed E-state index contributed by atoms with van der Waals surface area (Å²) in [6.07, 6.45) is 0. The molecule has 0 aromatic heterocycles. The van der Waals surface area contributed by atoms with Gasteiger partial charge in [0.1, 0.15) is 0 Å². The van der Waals surface area contributed by atoms with E-state index in [1.54, 1.807) is 37.8 Å². The number of hydrogen-bond acceptors (Lipinski definition) is 4. The van der Waals surface area contributed by atoms with Gasteiger partial charge in [-0.1, -0.05) is 19.9 Å². The number of carbonyl (C=O) groups is 2. The third-order valence-corrected chi connectivity index (χ3v) is 7.20. The molecule has 2 N–H and O–H groups in total. The van der Waals surface area contributed by atoms with Crippen molar-refractivity contribution in [1.82, 2.24) is 9.21 Å². The van der Waals surface area contributed by atoms with Gasteiger partial charge in [-0.3, -0.25) is 9.59 Å². The second-order valence-electron chi connectivity index (χ2n) is 7.05. The second-order valence-corrected chi connectivity index (χ2v) is 8.99. The Labute approximate surface area is 167 Å². The maximum absolute atomic E-state index is 12.7. The van der Waals surface area contributed by atoms with Gasteiger partial charge in [-0.25, -0.2) is 8.42 Å². The first-order valence-electron chi connectivity index (χ1n) is 9.68. The van der Waals surface area contributed by atoms with Crippen LogP contribution in [0.1, 0.15) is 26.3 Å². The van der Waals surface area contributed by atoms with Crippen LogP contribution in [0.2, 0.25) is 0 Å². The van der Waals surface area contributed by atoms with Crippen LogP contribution in [0.25, 0.3) is 0 Å². The summed E-state index contributed by atoms with van der Waals surface area (Å²) < 4.78 is 26.8. The van der Waals surface area contributed by atoms with Crippen molar-refractivity contribution in [2.45, 2.75) is 32.6 Å². The first kappa shape index (κ1) is 22.3. The van der Waals surface area contributed by atoms with Gasteiger partial charge in [0, 0.05) is 25.7 Å². The Morgan fingerprint density at radius 1 is 1.18 bits per heavy atom. The molecule has 1 aliphatic rings. The molecular formula is C19H31N4O4S+. The Kier molecular flexibility index (Phi) is 7.56. The van der Waals surface area contributed by atoms with E-state index in [1.165, 1.54) is 10.4 Å². The van der Waals surface area contributed by atoms with Crippen molar-refractivity contribution in [2.75, 3.05) is 51.1 Å². The zero-order chi connectivity index (χ0) is 20.9. The predicted octanol–water partition coefficient (Wildman–Crippen LogP) is -0.289. The highest BCUT2D eigenvalue weighted by Crippen LogP contribution is 2.22. The number of piperazine rings is 1. The van der Waals surface area contributed by atoms with Gasteiger partial charge >= 0.3 is 0 Å². The summed E-state index contributed by atoms with van der Waals surface area (Å²) in [5.74, 6) is -0.0999. The summed E-state index contributed by atoms with van der Waals surface area (Å²) in [5.41, 5.74) is 1.32. The Morgan fingerprint density at radius 3 is 2.32 bits per heavy atom. The molecule has 156 valence electrons. The van der Waals surface area contributed by atoms with Crippen LogP contribution >= 0.6 is 0 Å². The second kappa shape index (κ2) is 9.49. The number of hydrogen-bond donors (Lipinski definition) is 2. The quantitative estimate of drug-likeness (QED) is 0.645. The Balaban J connectivity index is 2.06. The van der Waals surface area contributed by atoms with Crippen molar-refractivity contribution in [1.29, 1.82) is 0 Å². The average Bonchev–Trinajstić information content (AvgIpc) is 2.64. The summed E-state index contributed by atoms with van der Waals surface area (Å²) in [5, 5.41) is 2.86. The number of anilines is 1. The molecule has 0 bridgehead atoms. The number of aryl methyl sites for hydroxylation is 1. The van der Waals surface area contributed by atoms with E-state index < -0.39 is 10.0 Å². The van der Waals surface area contributed by atoms with Crippen molar-refractivity contribution >= 4 is 27.5 Å². The SMILES string of the molecule is CCN(CC)S(=O)(=O)c1ccc(C)c(NC(=O)C[NH+]2CCN(C(C)=O)CC2)c1. The third-order valence-electron chi connectivity index (χ3n) is 5.15. The number of benzene rings is 1. The molecule has 2 amide bonds. The van der Waals surface area contributed by atoms with Gasteiger partial charge < -0.3 is 15.1 Å². The van der Waals surface area contributed by atoms with E-state index in [-0.39, 0.29) is 23.3 Å². The lowest BCUT2D eigenvalue weighted by Crippen LogP contribution is -3.15. The molecule has 0 saturated carbocycles. The highest BCUT2D eigenvalue weighted by atomic mass is 32.2. The maximum atomic E-state index is 12.7. The fraction of sp³-hybridized carbons (Fsp3) is 0.579. The minimum Gasteiger partial charge on any atom is -0.332 e. The molecule has 8 nitrogen and oxygen atoms in total. The van der Waals surface area contributed by atoms with Gasteiger partial charge in [0.25, 0.3) is 5.91 Å². The molecule has 1 aliphatic heterocycles. The zero-order valence-electron chi connectivity index (χ0n) is 17.1. The molecule has 0 aliphatic carbocycles. The maximum Gasteiger partial charge on any atom is 0.279 e. The largest absolute Gasteiger partial charge is 0.332 e. The summed E-state index contributed by atoms with van der Waals surface area (Å²) in [6.45, 7) is 10.8. The number of quaternary nitrogens is 1. The van der Waals surface area contributed by atoms with E-state index in [9.17, 15) is 18.0 Å². The normalized spacial score (nSPS) is 15.7. The van der Waals surface area contributed by atoms with E-state index in [0.29, 0.717) is 31.9 Å². The van der Waals surface area contributed by atoms with Crippen molar-refractivity contribution in [3.8, 4) is 0 Å². The minimum absolute atomic E-state index is 0.0605. The van der Waals surface area contributed by atoms with Crippen LogP contribution in [-0.4, -0.2) is 75.3 Å². The van der Waals surface area contributed by atoms with Crippen LogP contribution in [0.4, 0.5) is 5.69 Å². The van der Waals surface area contributed by atoms with E-state index in [1.807, 2.05) is 6.92 Å². The van der Waals surface area contributed by atoms with Gasteiger partial charge in [0.15, 0.2) is 6.54 Å². The lowest BCUT2D eigenvalue weighted by Gasteiger charge is -2.31. The molecule has 1 aromatic carbocycles. The summed E-state index contributed by atoms with van der Waals surface area (Å²) in [4.78, 5) is 27.0. The lowest BCUT2D eigenvalue weighted by atomic mass is 10.2. The molecule has 1 aromatic rings. The molecule has 1 fully saturated rings. The minimum atomic E-state index is -3.58. The molecule has 0 unspecified atom stereocenters. The van der Waals surface area contributed by atoms with Gasteiger partial charge in [-0.05, 0) is 24.6 Å². The van der Waals surface area contributed by atoms with Crippen LogP contribution in [0.3, 0.4) is 0 Å². The van der Waals surface area contributed by atoms with Crippen LogP contribution < -0.4 is 10.2 Å². The number of sulfonamides is 1. The predicted molar refractivity (Wildman–Crippen MR) is 108 cm³/mol. The number of rotatable bonds is 7. The molecule has 1 heterocycles. The first-order chi connectivity index (χ1) is 13.2. The van der Waals surface area contributed by atoms with E-state index >= 15 is 0 Å². The highest BCUT2D eigenvalue weighted by molar-refractivity contribution is 7.89. The van der Waals surface area contributed by atoms with Gasteiger partial charge in [0.05, 0.1) is 31.1 Å². The molecule has 0 radical (unpaired) electrons. The molecule has 0 atom stereocenters. The van der Waals surface area contributed by atoms with Gasteiger partial charge in [-0.15, -0.1) is 0 Å². The fourth-order valence-corrected chi connectivity index (χ4v) is 4.83. The zero-order valence-corrected chi connectivity index (χ0v) is 17.9. The van der Waals surface area contributed by atoms with E-state index in [4.69, 9.17) is 0 Å². The average molecular weight is 412 g/mol. The third kappa shape index (κ3) is 5.30. The van der Waals surface area contributed by atoms with Crippen LogP contribution in [0.5, 0.6) is 0 Å². The number of nitrogens with one attached hydrogen (secondary N) is 2. The van der Waals surface area contributed by atoms with Crippen molar-refractivity contribution in [3.63, 3.8) is 0 Å². The molecule has 2 rings (SSSR count). The standard InChI is InChI=1S/C19H30N4O4S/c1-5-23(6-2)28(26,27)17-8-7-15(3)18(13-17)20-19(25)14-21-9-11-22(12-10-21)16(4)24/h7-8,13H,5-6,9-12,14H2,1-4H3,(H,20,25)/p+1. The van der Waals surface area contributed by atoms with E-state index in [2.05, 4.69) is 5.32 Å². The Bertz CT molecular complexity index is 813. The first-order valence-corrected chi connectivity index (χ1v) is 11.1. The van der Waals surface area contributed by atoms with Crippen molar-refractivity contribution in [2.24, 2.45) is 0 Å². The van der Waals surface area contributed by atoms with Crippen LogP contribution in [-0.2, 0) is 19.6 Å². The van der Waals surface area contributed by atoms with Crippen LogP contribution in [0.15, 0.2) is 23.1 Å². The Morgan fingerprint density at radius 2 is 1.79 bits per heavy atom. The molecular weight excluding hydrogens is 380 g/mol. The summed E-state index contributed by atoms with van der Waals surface area (Å²) >= 11 is 0. The van der Waals surface area contributed by atoms with Crippen LogP contribution in [0, 0.1) is 6.92 Å².